The van der Waals surface area contributed by atoms with Gasteiger partial charge in [-0.15, -0.1) is 0 Å². The number of hydrogen-bond acceptors (Lipinski definition) is 2. The lowest BCUT2D eigenvalue weighted by atomic mass is 9.74. The summed E-state index contributed by atoms with van der Waals surface area (Å²) in [5.41, 5.74) is 2.90. The molecule has 1 aliphatic rings. The average molecular weight is 380 g/mol. The van der Waals surface area contributed by atoms with Crippen LogP contribution in [0.5, 0.6) is 5.75 Å². The molecule has 0 bridgehead atoms. The third-order valence-electron chi connectivity index (χ3n) is 6.22. The summed E-state index contributed by atoms with van der Waals surface area (Å²) in [6, 6.07) is 12.5. The van der Waals surface area contributed by atoms with Crippen LogP contribution in [0, 0.1) is 11.7 Å². The van der Waals surface area contributed by atoms with Crippen molar-refractivity contribution in [3.8, 4) is 5.75 Å². The van der Waals surface area contributed by atoms with Gasteiger partial charge in [-0.1, -0.05) is 26.0 Å². The normalized spacial score (nSPS) is 19.1. The van der Waals surface area contributed by atoms with E-state index >= 15 is 0 Å². The Hall–Kier alpha value is -2.82. The van der Waals surface area contributed by atoms with Crippen LogP contribution in [0.4, 0.5) is 4.39 Å². The largest absolute Gasteiger partial charge is 0.496 e. The number of aromatic amines is 1. The van der Waals surface area contributed by atoms with Crippen molar-refractivity contribution in [2.45, 2.75) is 32.7 Å². The summed E-state index contributed by atoms with van der Waals surface area (Å²) in [5, 5.41) is 0.888. The molecule has 0 saturated carbocycles. The van der Waals surface area contributed by atoms with Gasteiger partial charge in [0.15, 0.2) is 0 Å². The molecule has 0 radical (unpaired) electrons. The minimum atomic E-state index is -0.514. The number of rotatable bonds is 3. The fourth-order valence-electron chi connectivity index (χ4n) is 4.37. The standard InChI is InChI=1S/C23H25FN2O2/c1-14(2)23(3)18-9-8-16(24)12-15(18)10-11-26(23)22(27)20-13-17-19(25-20)6-5-7-21(17)28-4/h5-9,12-14,25H,10-11H2,1-4H3. The second kappa shape index (κ2) is 6.66. The molecule has 0 spiro atoms. The maximum absolute atomic E-state index is 13.8. The number of H-pyrrole nitrogens is 1. The quantitative estimate of drug-likeness (QED) is 0.703. The van der Waals surface area contributed by atoms with Crippen LogP contribution in [-0.4, -0.2) is 29.4 Å². The zero-order valence-electron chi connectivity index (χ0n) is 16.7. The van der Waals surface area contributed by atoms with Gasteiger partial charge >= 0.3 is 0 Å². The maximum Gasteiger partial charge on any atom is 0.271 e. The number of hydrogen-bond donors (Lipinski definition) is 1. The van der Waals surface area contributed by atoms with Gasteiger partial charge in [-0.25, -0.2) is 4.39 Å². The Morgan fingerprint density at radius 3 is 2.75 bits per heavy atom. The molecule has 0 fully saturated rings. The van der Waals surface area contributed by atoms with Crippen molar-refractivity contribution < 1.29 is 13.9 Å². The highest BCUT2D eigenvalue weighted by atomic mass is 19.1. The molecular weight excluding hydrogens is 355 g/mol. The maximum atomic E-state index is 13.8. The Bertz CT molecular complexity index is 1060. The van der Waals surface area contributed by atoms with Crippen LogP contribution in [0.25, 0.3) is 10.9 Å². The number of ether oxygens (including phenoxy) is 1. The van der Waals surface area contributed by atoms with E-state index in [0.29, 0.717) is 18.7 Å². The van der Waals surface area contributed by atoms with Gasteiger partial charge in [-0.3, -0.25) is 4.79 Å². The Morgan fingerprint density at radius 2 is 2.04 bits per heavy atom. The first-order valence-electron chi connectivity index (χ1n) is 9.63. The number of fused-ring (bicyclic) bond motifs is 2. The zero-order chi connectivity index (χ0) is 20.1. The summed E-state index contributed by atoms with van der Waals surface area (Å²) in [4.78, 5) is 18.7. The number of carbonyl (C=O) groups is 1. The molecule has 28 heavy (non-hydrogen) atoms. The second-order valence-electron chi connectivity index (χ2n) is 7.92. The molecule has 1 unspecified atom stereocenters. The van der Waals surface area contributed by atoms with Crippen molar-refractivity contribution in [1.82, 2.24) is 9.88 Å². The third-order valence-corrected chi connectivity index (χ3v) is 6.22. The summed E-state index contributed by atoms with van der Waals surface area (Å²) in [5.74, 6) is 0.621. The molecule has 2 heterocycles. The van der Waals surface area contributed by atoms with E-state index in [-0.39, 0.29) is 17.6 Å². The number of aromatic nitrogens is 1. The van der Waals surface area contributed by atoms with Gasteiger partial charge in [0.1, 0.15) is 17.3 Å². The molecule has 4 rings (SSSR count). The predicted octanol–water partition coefficient (Wildman–Crippen LogP) is 4.89. The highest BCUT2D eigenvalue weighted by Gasteiger charge is 2.44. The van der Waals surface area contributed by atoms with Crippen LogP contribution in [0.15, 0.2) is 42.5 Å². The molecule has 2 aromatic carbocycles. The number of amides is 1. The molecule has 0 saturated heterocycles. The second-order valence-corrected chi connectivity index (χ2v) is 7.92. The fraction of sp³-hybridized carbons (Fsp3) is 0.348. The van der Waals surface area contributed by atoms with E-state index in [2.05, 4.69) is 25.8 Å². The minimum absolute atomic E-state index is 0.0515. The summed E-state index contributed by atoms with van der Waals surface area (Å²) in [7, 11) is 1.62. The van der Waals surface area contributed by atoms with Crippen LogP contribution >= 0.6 is 0 Å². The topological polar surface area (TPSA) is 45.3 Å². The van der Waals surface area contributed by atoms with E-state index in [1.54, 1.807) is 13.2 Å². The molecule has 5 heteroatoms. The van der Waals surface area contributed by atoms with Crippen molar-refractivity contribution in [3.63, 3.8) is 0 Å². The van der Waals surface area contributed by atoms with Gasteiger partial charge in [0.2, 0.25) is 0 Å². The van der Waals surface area contributed by atoms with E-state index in [1.165, 1.54) is 6.07 Å². The first-order valence-corrected chi connectivity index (χ1v) is 9.63. The van der Waals surface area contributed by atoms with Crippen molar-refractivity contribution in [1.29, 1.82) is 0 Å². The number of nitrogens with one attached hydrogen (secondary N) is 1. The van der Waals surface area contributed by atoms with Crippen LogP contribution < -0.4 is 4.74 Å². The van der Waals surface area contributed by atoms with Crippen molar-refractivity contribution >= 4 is 16.8 Å². The molecule has 1 N–H and O–H groups in total. The first-order chi connectivity index (χ1) is 13.4. The molecule has 1 aliphatic heterocycles. The predicted molar refractivity (Wildman–Crippen MR) is 108 cm³/mol. The minimum Gasteiger partial charge on any atom is -0.496 e. The van der Waals surface area contributed by atoms with Gasteiger partial charge < -0.3 is 14.6 Å². The van der Waals surface area contributed by atoms with Crippen LogP contribution in [0.2, 0.25) is 0 Å². The number of halogens is 1. The van der Waals surface area contributed by atoms with E-state index in [9.17, 15) is 9.18 Å². The Morgan fingerprint density at radius 1 is 1.25 bits per heavy atom. The van der Waals surface area contributed by atoms with Crippen molar-refractivity contribution in [2.75, 3.05) is 13.7 Å². The number of methoxy groups -OCH3 is 1. The molecule has 1 atom stereocenters. The zero-order valence-corrected chi connectivity index (χ0v) is 16.7. The number of benzene rings is 2. The van der Waals surface area contributed by atoms with Gasteiger partial charge in [0.25, 0.3) is 5.91 Å². The summed E-state index contributed by atoms with van der Waals surface area (Å²) in [6.07, 6.45) is 0.644. The molecule has 3 aromatic rings. The smallest absolute Gasteiger partial charge is 0.271 e. The van der Waals surface area contributed by atoms with E-state index in [4.69, 9.17) is 4.74 Å². The van der Waals surface area contributed by atoms with Crippen LogP contribution in [0.1, 0.15) is 42.4 Å². The average Bonchev–Trinajstić information content (AvgIpc) is 3.11. The van der Waals surface area contributed by atoms with Gasteiger partial charge in [-0.2, -0.15) is 0 Å². The van der Waals surface area contributed by atoms with Gasteiger partial charge in [0.05, 0.1) is 12.6 Å². The van der Waals surface area contributed by atoms with Gasteiger partial charge in [0, 0.05) is 17.4 Å². The third kappa shape index (κ3) is 2.68. The molecule has 1 amide bonds. The fourth-order valence-corrected chi connectivity index (χ4v) is 4.37. The molecular formula is C23H25FN2O2. The lowest BCUT2D eigenvalue weighted by Gasteiger charge is -2.48. The van der Waals surface area contributed by atoms with Crippen molar-refractivity contribution in [3.05, 3.63) is 65.1 Å². The molecule has 1 aromatic heterocycles. The lowest BCUT2D eigenvalue weighted by molar-refractivity contribution is 0.0305. The van der Waals surface area contributed by atoms with Crippen molar-refractivity contribution in [2.24, 2.45) is 5.92 Å². The Labute approximate surface area is 164 Å². The Balaban J connectivity index is 1.79. The highest BCUT2D eigenvalue weighted by molar-refractivity contribution is 6.00. The summed E-state index contributed by atoms with van der Waals surface area (Å²) in [6.45, 7) is 6.84. The molecule has 4 nitrogen and oxygen atoms in total. The van der Waals surface area contributed by atoms with Crippen LogP contribution in [0.3, 0.4) is 0 Å². The molecule has 146 valence electrons. The van der Waals surface area contributed by atoms with E-state index < -0.39 is 5.54 Å². The summed E-state index contributed by atoms with van der Waals surface area (Å²) < 4.78 is 19.2. The molecule has 0 aliphatic carbocycles. The first kappa shape index (κ1) is 18.5. The van der Waals surface area contributed by atoms with Crippen LogP contribution in [-0.2, 0) is 12.0 Å². The monoisotopic (exact) mass is 380 g/mol. The van der Waals surface area contributed by atoms with Gasteiger partial charge in [-0.05, 0) is 60.7 Å². The lowest BCUT2D eigenvalue weighted by Crippen LogP contribution is -2.54. The van der Waals surface area contributed by atoms with E-state index in [0.717, 1.165) is 27.8 Å². The van der Waals surface area contributed by atoms with E-state index in [1.807, 2.05) is 35.2 Å². The number of nitrogens with zero attached hydrogens (tertiary/aromatic N) is 1. The highest BCUT2D eigenvalue weighted by Crippen LogP contribution is 2.42. The number of carbonyl (C=O) groups excluding carboxylic acids is 1. The summed E-state index contributed by atoms with van der Waals surface area (Å²) >= 11 is 0. The Kier molecular flexibility index (Phi) is 4.41. The SMILES string of the molecule is COc1cccc2[nH]c(C(=O)N3CCc4cc(F)ccc4C3(C)C(C)C)cc12.